The third-order valence-electron chi connectivity index (χ3n) is 4.02. The number of aromatic nitrogens is 5. The Morgan fingerprint density at radius 3 is 2.72 bits per heavy atom. The average Bonchev–Trinajstić information content (AvgIpc) is 3.45. The van der Waals surface area contributed by atoms with Crippen LogP contribution in [0.1, 0.15) is 18.4 Å². The summed E-state index contributed by atoms with van der Waals surface area (Å²) in [6.07, 6.45) is -2.88. The van der Waals surface area contributed by atoms with Gasteiger partial charge < -0.3 is 8.94 Å². The van der Waals surface area contributed by atoms with E-state index in [1.165, 1.54) is 23.9 Å². The number of benzene rings is 1. The van der Waals surface area contributed by atoms with E-state index in [4.69, 9.17) is 8.94 Å². The molecule has 0 aliphatic heterocycles. The molecule has 0 fully saturated rings. The minimum atomic E-state index is -4.44. The number of hydrogen-bond acceptors (Lipinski definition) is 7. The molecule has 29 heavy (non-hydrogen) atoms. The monoisotopic (exact) mass is 421 g/mol. The van der Waals surface area contributed by atoms with Crippen LogP contribution in [0.2, 0.25) is 0 Å². The molecule has 0 unspecified atom stereocenters. The average molecular weight is 421 g/mol. The van der Waals surface area contributed by atoms with Gasteiger partial charge in [0.15, 0.2) is 16.7 Å². The predicted octanol–water partition coefficient (Wildman–Crippen LogP) is 4.92. The molecule has 4 rings (SSSR count). The van der Waals surface area contributed by atoms with Gasteiger partial charge in [-0.2, -0.15) is 18.2 Å². The maximum Gasteiger partial charge on any atom is 0.416 e. The number of halogens is 3. The van der Waals surface area contributed by atoms with E-state index in [-0.39, 0.29) is 17.3 Å². The molecule has 7 nitrogen and oxygen atoms in total. The minimum Gasteiger partial charge on any atom is -0.461 e. The molecule has 11 heteroatoms. The van der Waals surface area contributed by atoms with Crippen molar-refractivity contribution < 1.29 is 22.1 Å². The molecule has 0 saturated heterocycles. The molecule has 0 radical (unpaired) electrons. The summed E-state index contributed by atoms with van der Waals surface area (Å²) in [6.45, 7) is 2.59. The molecular weight excluding hydrogens is 407 g/mol. The first kappa shape index (κ1) is 19.2. The minimum absolute atomic E-state index is 0.0972. The van der Waals surface area contributed by atoms with Crippen LogP contribution >= 0.6 is 11.8 Å². The van der Waals surface area contributed by atoms with E-state index in [1.54, 1.807) is 18.4 Å². The van der Waals surface area contributed by atoms with E-state index in [1.807, 2.05) is 11.5 Å². The second-order valence-electron chi connectivity index (χ2n) is 5.91. The predicted molar refractivity (Wildman–Crippen MR) is 97.7 cm³/mol. The van der Waals surface area contributed by atoms with Crippen LogP contribution in [0.25, 0.3) is 23.0 Å². The zero-order chi connectivity index (χ0) is 20.4. The van der Waals surface area contributed by atoms with Gasteiger partial charge in [-0.1, -0.05) is 29.1 Å². The first-order valence-corrected chi connectivity index (χ1v) is 9.54. The van der Waals surface area contributed by atoms with Crippen molar-refractivity contribution in [2.75, 3.05) is 0 Å². The highest BCUT2D eigenvalue weighted by atomic mass is 32.2. The standard InChI is InChI=1S/C18H14F3N5O2S/c1-2-26-16(13-7-4-8-27-13)23-24-17(26)29-10-14-22-15(25-28-14)11-5-3-6-12(9-11)18(19,20)21/h3-9H,2,10H2,1H3. The normalized spacial score (nSPS) is 11.9. The van der Waals surface area contributed by atoms with E-state index >= 15 is 0 Å². The molecule has 3 heterocycles. The number of furan rings is 1. The largest absolute Gasteiger partial charge is 0.461 e. The van der Waals surface area contributed by atoms with E-state index in [2.05, 4.69) is 20.3 Å². The van der Waals surface area contributed by atoms with Gasteiger partial charge in [-0.05, 0) is 31.2 Å². The highest BCUT2D eigenvalue weighted by Gasteiger charge is 2.30. The first-order valence-electron chi connectivity index (χ1n) is 8.56. The number of nitrogens with zero attached hydrogens (tertiary/aromatic N) is 5. The van der Waals surface area contributed by atoms with Crippen LogP contribution in [0.3, 0.4) is 0 Å². The Morgan fingerprint density at radius 1 is 1.14 bits per heavy atom. The zero-order valence-corrected chi connectivity index (χ0v) is 15.9. The molecule has 150 valence electrons. The molecule has 0 saturated carbocycles. The lowest BCUT2D eigenvalue weighted by Gasteiger charge is -2.06. The molecule has 1 aromatic carbocycles. The van der Waals surface area contributed by atoms with Crippen LogP contribution in [-0.2, 0) is 18.5 Å². The fourth-order valence-corrected chi connectivity index (χ4v) is 3.50. The van der Waals surface area contributed by atoms with Gasteiger partial charge in [-0.15, -0.1) is 10.2 Å². The van der Waals surface area contributed by atoms with Crippen molar-refractivity contribution in [1.29, 1.82) is 0 Å². The summed E-state index contributed by atoms with van der Waals surface area (Å²) in [7, 11) is 0. The fourth-order valence-electron chi connectivity index (χ4n) is 2.66. The highest BCUT2D eigenvalue weighted by Crippen LogP contribution is 2.32. The Labute approximate surface area is 166 Å². The Morgan fingerprint density at radius 2 is 2.00 bits per heavy atom. The number of hydrogen-bond donors (Lipinski definition) is 0. The van der Waals surface area contributed by atoms with Gasteiger partial charge in [0.05, 0.1) is 17.6 Å². The van der Waals surface area contributed by atoms with Crippen LogP contribution in [0.15, 0.2) is 56.8 Å². The summed E-state index contributed by atoms with van der Waals surface area (Å²) in [5.74, 6) is 1.88. The lowest BCUT2D eigenvalue weighted by molar-refractivity contribution is -0.137. The van der Waals surface area contributed by atoms with Gasteiger partial charge in [-0.25, -0.2) is 0 Å². The Bertz CT molecular complexity index is 1110. The Kier molecular flexibility index (Phi) is 5.14. The summed E-state index contributed by atoms with van der Waals surface area (Å²) in [4.78, 5) is 4.19. The van der Waals surface area contributed by atoms with E-state index in [0.29, 0.717) is 29.0 Å². The Balaban J connectivity index is 1.50. The van der Waals surface area contributed by atoms with Crippen molar-refractivity contribution in [3.63, 3.8) is 0 Å². The second-order valence-corrected chi connectivity index (χ2v) is 6.85. The number of alkyl halides is 3. The lowest BCUT2D eigenvalue weighted by atomic mass is 10.1. The lowest BCUT2D eigenvalue weighted by Crippen LogP contribution is -2.04. The molecule has 0 atom stereocenters. The fraction of sp³-hybridized carbons (Fsp3) is 0.222. The summed E-state index contributed by atoms with van der Waals surface area (Å²) in [5.41, 5.74) is -0.533. The summed E-state index contributed by atoms with van der Waals surface area (Å²) in [5, 5.41) is 12.7. The van der Waals surface area contributed by atoms with E-state index < -0.39 is 11.7 Å². The van der Waals surface area contributed by atoms with Crippen LogP contribution < -0.4 is 0 Å². The topological polar surface area (TPSA) is 82.8 Å². The van der Waals surface area contributed by atoms with Crippen LogP contribution in [0.4, 0.5) is 13.2 Å². The van der Waals surface area contributed by atoms with Gasteiger partial charge in [-0.3, -0.25) is 4.57 Å². The zero-order valence-electron chi connectivity index (χ0n) is 15.1. The van der Waals surface area contributed by atoms with Crippen LogP contribution in [0.5, 0.6) is 0 Å². The molecule has 3 aromatic heterocycles. The maximum absolute atomic E-state index is 12.9. The SMILES string of the molecule is CCn1c(SCc2nc(-c3cccc(C(F)(F)F)c3)no2)nnc1-c1ccco1. The van der Waals surface area contributed by atoms with Gasteiger partial charge >= 0.3 is 6.18 Å². The van der Waals surface area contributed by atoms with Crippen molar-refractivity contribution in [2.45, 2.75) is 30.6 Å². The first-order chi connectivity index (χ1) is 14.0. The van der Waals surface area contributed by atoms with Gasteiger partial charge in [0, 0.05) is 12.1 Å². The summed E-state index contributed by atoms with van der Waals surface area (Å²) >= 11 is 1.33. The number of rotatable bonds is 6. The highest BCUT2D eigenvalue weighted by molar-refractivity contribution is 7.98. The van der Waals surface area contributed by atoms with Crippen LogP contribution in [-0.4, -0.2) is 24.9 Å². The van der Waals surface area contributed by atoms with Crippen molar-refractivity contribution in [2.24, 2.45) is 0 Å². The number of thioether (sulfide) groups is 1. The smallest absolute Gasteiger partial charge is 0.416 e. The van der Waals surface area contributed by atoms with Gasteiger partial charge in [0.25, 0.3) is 0 Å². The van der Waals surface area contributed by atoms with Gasteiger partial charge in [0.1, 0.15) is 0 Å². The molecular formula is C18H14F3N5O2S. The summed E-state index contributed by atoms with van der Waals surface area (Å²) in [6, 6.07) is 8.36. The second kappa shape index (κ2) is 7.74. The van der Waals surface area contributed by atoms with Crippen molar-refractivity contribution in [3.05, 3.63) is 54.1 Å². The van der Waals surface area contributed by atoms with Crippen LogP contribution in [0, 0.1) is 0 Å². The molecule has 0 N–H and O–H groups in total. The summed E-state index contributed by atoms with van der Waals surface area (Å²) < 4.78 is 51.1. The van der Waals surface area contributed by atoms with Gasteiger partial charge in [0.2, 0.25) is 11.7 Å². The van der Waals surface area contributed by atoms with E-state index in [0.717, 1.165) is 12.1 Å². The molecule has 0 amide bonds. The molecule has 0 aliphatic carbocycles. The molecule has 4 aromatic rings. The molecule has 0 aliphatic rings. The molecule has 0 bridgehead atoms. The van der Waals surface area contributed by atoms with E-state index in [9.17, 15) is 13.2 Å². The quantitative estimate of drug-likeness (QED) is 0.409. The van der Waals surface area contributed by atoms with Crippen molar-refractivity contribution in [1.82, 2.24) is 24.9 Å². The maximum atomic E-state index is 12.9. The van der Waals surface area contributed by atoms with Crippen molar-refractivity contribution in [3.8, 4) is 23.0 Å². The third-order valence-corrected chi connectivity index (χ3v) is 4.97. The third kappa shape index (κ3) is 4.04. The molecule has 0 spiro atoms. The van der Waals surface area contributed by atoms with Crippen molar-refractivity contribution >= 4 is 11.8 Å². The Hall–Kier alpha value is -3.08.